The standard InChI is InChI=1S/C25H27F2N5O4S/c1-31-11-16-10-15(31)12-32(16)8-4-7-28-25(35)29-23-20(24(33)34)22(30-37-23)36-13-18-19(26)9-14-5-2-3-6-17(14)21(18)27/h2-3,5-6,9,15-16H,4,7-8,10-13H2,1H3,(H,33,34)(H2,28,29,35). The highest BCUT2D eigenvalue weighted by Crippen LogP contribution is 2.32. The number of anilines is 1. The van der Waals surface area contributed by atoms with Crippen LogP contribution in [0, 0.1) is 11.6 Å². The van der Waals surface area contributed by atoms with Crippen LogP contribution in [-0.2, 0) is 6.61 Å². The van der Waals surface area contributed by atoms with Crippen molar-refractivity contribution in [1.82, 2.24) is 19.5 Å². The molecule has 12 heteroatoms. The van der Waals surface area contributed by atoms with Gasteiger partial charge < -0.3 is 20.1 Å². The fourth-order valence-electron chi connectivity index (χ4n) is 5.09. The maximum atomic E-state index is 14.9. The lowest BCUT2D eigenvalue weighted by atomic mass is 10.1. The molecule has 0 saturated carbocycles. The second kappa shape index (κ2) is 10.6. The molecule has 196 valence electrons. The zero-order chi connectivity index (χ0) is 26.1. The highest BCUT2D eigenvalue weighted by Gasteiger charge is 2.40. The molecule has 3 heterocycles. The molecule has 2 atom stereocenters. The number of halogens is 2. The van der Waals surface area contributed by atoms with Crippen molar-refractivity contribution in [3.8, 4) is 5.88 Å². The molecular formula is C25H27F2N5O4S. The third-order valence-corrected chi connectivity index (χ3v) is 7.77. The molecule has 2 saturated heterocycles. The van der Waals surface area contributed by atoms with Gasteiger partial charge in [0.1, 0.15) is 23.2 Å². The number of carboxylic acids is 1. The highest BCUT2D eigenvalue weighted by molar-refractivity contribution is 7.11. The molecule has 1 aromatic heterocycles. The molecule has 3 N–H and O–H groups in total. The predicted octanol–water partition coefficient (Wildman–Crippen LogP) is 3.75. The molecule has 3 aromatic rings. The first-order valence-corrected chi connectivity index (χ1v) is 12.8. The van der Waals surface area contributed by atoms with E-state index in [-0.39, 0.29) is 27.4 Å². The Hall–Kier alpha value is -3.35. The van der Waals surface area contributed by atoms with Crippen LogP contribution in [0.4, 0.5) is 18.6 Å². The van der Waals surface area contributed by atoms with Gasteiger partial charge in [-0.25, -0.2) is 18.4 Å². The van der Waals surface area contributed by atoms with E-state index in [1.807, 2.05) is 0 Å². The minimum atomic E-state index is -1.38. The number of carbonyl (C=O) groups excluding carboxylic acids is 1. The predicted molar refractivity (Wildman–Crippen MR) is 135 cm³/mol. The number of amides is 2. The first-order valence-electron chi connectivity index (χ1n) is 12.0. The zero-order valence-corrected chi connectivity index (χ0v) is 21.0. The summed E-state index contributed by atoms with van der Waals surface area (Å²) in [5.41, 5.74) is -0.716. The number of rotatable bonds is 9. The maximum Gasteiger partial charge on any atom is 0.344 e. The van der Waals surface area contributed by atoms with E-state index in [2.05, 4.69) is 31.9 Å². The van der Waals surface area contributed by atoms with Crippen LogP contribution in [0.15, 0.2) is 30.3 Å². The number of ether oxygens (including phenoxy) is 1. The van der Waals surface area contributed by atoms with Crippen LogP contribution in [0.25, 0.3) is 10.8 Å². The first kappa shape index (κ1) is 25.3. The normalized spacial score (nSPS) is 19.4. The van der Waals surface area contributed by atoms with Gasteiger partial charge in [0.05, 0.1) is 5.56 Å². The Morgan fingerprint density at radius 2 is 2.05 bits per heavy atom. The number of carbonyl (C=O) groups is 2. The van der Waals surface area contributed by atoms with Crippen LogP contribution in [0.5, 0.6) is 5.88 Å². The molecule has 2 amide bonds. The van der Waals surface area contributed by atoms with Crippen LogP contribution < -0.4 is 15.4 Å². The number of aromatic carboxylic acids is 1. The number of hydrogen-bond donors (Lipinski definition) is 3. The first-order chi connectivity index (χ1) is 17.8. The number of hydrogen-bond acceptors (Lipinski definition) is 7. The van der Waals surface area contributed by atoms with Gasteiger partial charge in [-0.05, 0) is 42.9 Å². The number of urea groups is 1. The van der Waals surface area contributed by atoms with Crippen LogP contribution in [0.1, 0.15) is 28.8 Å². The number of likely N-dealkylation sites (N-methyl/N-ethyl adjacent to an activating group) is 1. The molecule has 2 bridgehead atoms. The average molecular weight is 532 g/mol. The Morgan fingerprint density at radius 3 is 2.78 bits per heavy atom. The summed E-state index contributed by atoms with van der Waals surface area (Å²) in [5.74, 6) is -3.30. The van der Waals surface area contributed by atoms with Gasteiger partial charge in [-0.3, -0.25) is 10.2 Å². The number of benzene rings is 2. The number of likely N-dealkylation sites (tertiary alicyclic amines) is 2. The van der Waals surface area contributed by atoms with Gasteiger partial charge in [0, 0.05) is 43.6 Å². The average Bonchev–Trinajstić information content (AvgIpc) is 3.55. The monoisotopic (exact) mass is 531 g/mol. The van der Waals surface area contributed by atoms with E-state index in [1.54, 1.807) is 18.2 Å². The Morgan fingerprint density at radius 1 is 1.24 bits per heavy atom. The summed E-state index contributed by atoms with van der Waals surface area (Å²) in [6.07, 6.45) is 1.96. The molecule has 2 aliphatic rings. The summed E-state index contributed by atoms with van der Waals surface area (Å²) >= 11 is 0.719. The second-order valence-corrected chi connectivity index (χ2v) is 10.1. The van der Waals surface area contributed by atoms with Crippen molar-refractivity contribution < 1.29 is 28.2 Å². The van der Waals surface area contributed by atoms with Crippen molar-refractivity contribution in [2.45, 2.75) is 31.5 Å². The van der Waals surface area contributed by atoms with E-state index in [1.165, 1.54) is 18.6 Å². The molecule has 0 radical (unpaired) electrons. The third-order valence-electron chi connectivity index (χ3n) is 7.02. The van der Waals surface area contributed by atoms with Crippen molar-refractivity contribution in [3.63, 3.8) is 0 Å². The molecule has 5 rings (SSSR count). The lowest BCUT2D eigenvalue weighted by Crippen LogP contribution is -2.45. The maximum absolute atomic E-state index is 14.9. The summed E-state index contributed by atoms with van der Waals surface area (Å²) in [4.78, 5) is 29.0. The summed E-state index contributed by atoms with van der Waals surface area (Å²) in [7, 11) is 2.15. The molecule has 9 nitrogen and oxygen atoms in total. The Kier molecular flexibility index (Phi) is 7.22. The molecule has 37 heavy (non-hydrogen) atoms. The number of fused-ring (bicyclic) bond motifs is 3. The Balaban J connectivity index is 1.17. The van der Waals surface area contributed by atoms with Gasteiger partial charge in [0.2, 0.25) is 5.88 Å². The summed E-state index contributed by atoms with van der Waals surface area (Å²) < 4.78 is 38.7. The van der Waals surface area contributed by atoms with E-state index >= 15 is 0 Å². The van der Waals surface area contributed by atoms with Gasteiger partial charge in [-0.1, -0.05) is 24.3 Å². The van der Waals surface area contributed by atoms with Crippen molar-refractivity contribution in [1.29, 1.82) is 0 Å². The summed E-state index contributed by atoms with van der Waals surface area (Å²) in [6.45, 7) is 2.88. The van der Waals surface area contributed by atoms with Gasteiger partial charge in [0.15, 0.2) is 5.56 Å². The molecule has 2 unspecified atom stereocenters. The molecule has 2 fully saturated rings. The van der Waals surface area contributed by atoms with E-state index in [0.717, 1.165) is 37.6 Å². The van der Waals surface area contributed by atoms with Crippen LogP contribution in [0.2, 0.25) is 0 Å². The second-order valence-electron chi connectivity index (χ2n) is 9.37. The minimum absolute atomic E-state index is 0.0284. The van der Waals surface area contributed by atoms with Crippen molar-refractivity contribution >= 4 is 39.3 Å². The quantitative estimate of drug-likeness (QED) is 0.361. The van der Waals surface area contributed by atoms with Gasteiger partial charge >= 0.3 is 12.0 Å². The minimum Gasteiger partial charge on any atom is -0.477 e. The fraction of sp³-hybridized carbons (Fsp3) is 0.400. The summed E-state index contributed by atoms with van der Waals surface area (Å²) in [6, 6.07) is 8.25. The number of piperazine rings is 1. The highest BCUT2D eigenvalue weighted by atomic mass is 32.1. The van der Waals surface area contributed by atoms with E-state index in [4.69, 9.17) is 4.74 Å². The van der Waals surface area contributed by atoms with Crippen molar-refractivity contribution in [2.75, 3.05) is 38.5 Å². The van der Waals surface area contributed by atoms with Crippen molar-refractivity contribution in [3.05, 3.63) is 53.1 Å². The lowest BCUT2D eigenvalue weighted by Gasteiger charge is -2.31. The molecule has 0 spiro atoms. The zero-order valence-electron chi connectivity index (χ0n) is 20.2. The van der Waals surface area contributed by atoms with Crippen LogP contribution in [0.3, 0.4) is 0 Å². The topological polar surface area (TPSA) is 107 Å². The lowest BCUT2D eigenvalue weighted by molar-refractivity contribution is 0.0693. The van der Waals surface area contributed by atoms with Crippen molar-refractivity contribution in [2.24, 2.45) is 0 Å². The molecule has 0 aliphatic carbocycles. The Bertz CT molecular complexity index is 1330. The third kappa shape index (κ3) is 5.22. The molecular weight excluding hydrogens is 504 g/mol. The van der Waals surface area contributed by atoms with E-state index in [0.29, 0.717) is 24.0 Å². The fourth-order valence-corrected chi connectivity index (χ4v) is 5.81. The Labute approximate surface area is 216 Å². The number of carboxylic acid groups (broad SMARTS) is 1. The molecule has 2 aliphatic heterocycles. The van der Waals surface area contributed by atoms with Crippen LogP contribution in [-0.4, -0.2) is 76.6 Å². The molecule has 2 aromatic carbocycles. The SMILES string of the molecule is CN1CC2CC1CN2CCCNC(=O)Nc1snc(OCc2c(F)cc3ccccc3c2F)c1C(=O)O. The van der Waals surface area contributed by atoms with E-state index < -0.39 is 30.2 Å². The smallest absolute Gasteiger partial charge is 0.344 e. The van der Waals surface area contributed by atoms with Gasteiger partial charge in [-0.15, -0.1) is 0 Å². The largest absolute Gasteiger partial charge is 0.477 e. The number of aromatic nitrogens is 1. The number of nitrogens with zero attached hydrogens (tertiary/aromatic N) is 3. The van der Waals surface area contributed by atoms with Crippen LogP contribution >= 0.6 is 11.5 Å². The van der Waals surface area contributed by atoms with Gasteiger partial charge in [0.25, 0.3) is 0 Å². The van der Waals surface area contributed by atoms with E-state index in [9.17, 15) is 23.5 Å². The number of nitrogens with one attached hydrogen (secondary N) is 2. The summed E-state index contributed by atoms with van der Waals surface area (Å²) in [5, 5.41) is 15.5. The van der Waals surface area contributed by atoms with Gasteiger partial charge in [-0.2, -0.15) is 4.37 Å².